The van der Waals surface area contributed by atoms with Gasteiger partial charge < -0.3 is 10.1 Å². The summed E-state index contributed by atoms with van der Waals surface area (Å²) in [5.74, 6) is 0.153. The number of halogens is 2. The Morgan fingerprint density at radius 1 is 1.21 bits per heavy atom. The summed E-state index contributed by atoms with van der Waals surface area (Å²) in [7, 11) is -2.24. The minimum absolute atomic E-state index is 0.0362. The Morgan fingerprint density at radius 2 is 1.93 bits per heavy atom. The molecule has 1 fully saturated rings. The molecule has 0 bridgehead atoms. The number of carbonyl (C=O) groups is 1. The molecule has 6 nitrogen and oxygen atoms in total. The second-order valence-electron chi connectivity index (χ2n) is 6.84. The first kappa shape index (κ1) is 21.9. The van der Waals surface area contributed by atoms with Crippen LogP contribution in [0.1, 0.15) is 18.4 Å². The highest BCUT2D eigenvalue weighted by atomic mass is 35.5. The lowest BCUT2D eigenvalue weighted by Gasteiger charge is -2.31. The average molecular weight is 457 g/mol. The van der Waals surface area contributed by atoms with E-state index < -0.39 is 15.9 Å². The molecule has 2 aromatic rings. The van der Waals surface area contributed by atoms with E-state index in [2.05, 4.69) is 5.32 Å². The van der Waals surface area contributed by atoms with Gasteiger partial charge in [0.2, 0.25) is 15.9 Å². The largest absolute Gasteiger partial charge is 0.497 e. The molecule has 2 aromatic carbocycles. The zero-order valence-corrected chi connectivity index (χ0v) is 18.2. The monoisotopic (exact) mass is 456 g/mol. The van der Waals surface area contributed by atoms with E-state index in [4.69, 9.17) is 27.9 Å². The van der Waals surface area contributed by atoms with Gasteiger partial charge in [0.15, 0.2) is 0 Å². The fraction of sp³-hybridized carbons (Fsp3) is 0.350. The number of rotatable bonds is 6. The molecule has 9 heteroatoms. The van der Waals surface area contributed by atoms with E-state index in [0.29, 0.717) is 31.0 Å². The second-order valence-corrected chi connectivity index (χ2v) is 9.59. The maximum Gasteiger partial charge on any atom is 0.244 e. The van der Waals surface area contributed by atoms with Gasteiger partial charge in [-0.25, -0.2) is 8.42 Å². The summed E-state index contributed by atoms with van der Waals surface area (Å²) in [6, 6.07) is 11.7. The Hall–Kier alpha value is -1.80. The van der Waals surface area contributed by atoms with Crippen molar-refractivity contribution in [2.24, 2.45) is 5.92 Å². The predicted octanol–water partition coefficient (Wildman–Crippen LogP) is 3.72. The number of carbonyl (C=O) groups excluding carboxylic acids is 1. The van der Waals surface area contributed by atoms with Gasteiger partial charge in [-0.1, -0.05) is 35.3 Å². The lowest BCUT2D eigenvalue weighted by atomic mass is 9.99. The number of methoxy groups -OCH3 is 1. The first-order chi connectivity index (χ1) is 13.8. The highest BCUT2D eigenvalue weighted by molar-refractivity contribution is 7.89. The van der Waals surface area contributed by atoms with Crippen LogP contribution in [0.3, 0.4) is 0 Å². The van der Waals surface area contributed by atoms with E-state index in [1.807, 2.05) is 24.3 Å². The Labute approximate surface area is 180 Å². The summed E-state index contributed by atoms with van der Waals surface area (Å²) in [6.07, 6.45) is 1.22. The Bertz CT molecular complexity index is 980. The van der Waals surface area contributed by atoms with Crippen molar-refractivity contribution in [3.05, 3.63) is 58.1 Å². The molecule has 0 saturated carbocycles. The van der Waals surface area contributed by atoms with Gasteiger partial charge in [0.05, 0.1) is 18.1 Å². The van der Waals surface area contributed by atoms with Crippen molar-refractivity contribution in [3.8, 4) is 5.75 Å². The van der Waals surface area contributed by atoms with Crippen molar-refractivity contribution in [1.82, 2.24) is 9.62 Å². The lowest BCUT2D eigenvalue weighted by Crippen LogP contribution is -2.45. The van der Waals surface area contributed by atoms with E-state index in [-0.39, 0.29) is 22.4 Å². The molecular formula is C20H22Cl2N2O4S. The zero-order chi connectivity index (χ0) is 21.0. The van der Waals surface area contributed by atoms with Gasteiger partial charge in [0.25, 0.3) is 0 Å². The van der Waals surface area contributed by atoms with E-state index in [0.717, 1.165) is 11.3 Å². The van der Waals surface area contributed by atoms with Crippen LogP contribution in [0.5, 0.6) is 5.75 Å². The Balaban J connectivity index is 1.66. The Kier molecular flexibility index (Phi) is 7.05. The zero-order valence-electron chi connectivity index (χ0n) is 15.9. The van der Waals surface area contributed by atoms with Crippen molar-refractivity contribution >= 4 is 39.1 Å². The summed E-state index contributed by atoms with van der Waals surface area (Å²) < 4.78 is 32.4. The smallest absolute Gasteiger partial charge is 0.244 e. The molecule has 0 spiro atoms. The van der Waals surface area contributed by atoms with Gasteiger partial charge >= 0.3 is 0 Å². The number of ether oxygens (including phenoxy) is 1. The number of piperidine rings is 1. The quantitative estimate of drug-likeness (QED) is 0.718. The first-order valence-electron chi connectivity index (χ1n) is 9.17. The third kappa shape index (κ3) is 5.22. The summed E-state index contributed by atoms with van der Waals surface area (Å²) in [5.41, 5.74) is 0.935. The SMILES string of the molecule is COc1ccc(CNC(=O)C2CCCN(S(=O)(=O)c3cc(Cl)ccc3Cl)C2)cc1. The van der Waals surface area contributed by atoms with Crippen LogP contribution in [-0.4, -0.2) is 38.8 Å². The van der Waals surface area contributed by atoms with Crippen LogP contribution in [-0.2, 0) is 21.4 Å². The van der Waals surface area contributed by atoms with E-state index >= 15 is 0 Å². The molecular weight excluding hydrogens is 435 g/mol. The molecule has 3 rings (SSSR count). The molecule has 1 aliphatic rings. The summed E-state index contributed by atoms with van der Waals surface area (Å²) in [5, 5.41) is 3.29. The maximum absolute atomic E-state index is 13.0. The first-order valence-corrected chi connectivity index (χ1v) is 11.4. The number of nitrogens with one attached hydrogen (secondary N) is 1. The number of hydrogen-bond donors (Lipinski definition) is 1. The number of benzene rings is 2. The van der Waals surface area contributed by atoms with Gasteiger partial charge in [-0.3, -0.25) is 4.79 Å². The highest BCUT2D eigenvalue weighted by Gasteiger charge is 2.34. The number of amides is 1. The summed E-state index contributed by atoms with van der Waals surface area (Å²) in [6.45, 7) is 0.819. The van der Waals surface area contributed by atoms with Crippen molar-refractivity contribution in [3.63, 3.8) is 0 Å². The minimum Gasteiger partial charge on any atom is -0.497 e. The number of sulfonamides is 1. The summed E-state index contributed by atoms with van der Waals surface area (Å²) >= 11 is 12.0. The van der Waals surface area contributed by atoms with Gasteiger partial charge in [0.1, 0.15) is 10.6 Å². The molecule has 1 heterocycles. The average Bonchev–Trinajstić information content (AvgIpc) is 2.74. The molecule has 1 N–H and O–H groups in total. The lowest BCUT2D eigenvalue weighted by molar-refractivity contribution is -0.126. The molecule has 1 saturated heterocycles. The third-order valence-corrected chi connectivity index (χ3v) is 7.47. The van der Waals surface area contributed by atoms with Crippen molar-refractivity contribution in [1.29, 1.82) is 0 Å². The molecule has 1 amide bonds. The summed E-state index contributed by atoms with van der Waals surface area (Å²) in [4.78, 5) is 12.6. The van der Waals surface area contributed by atoms with Crippen LogP contribution in [0.15, 0.2) is 47.4 Å². The Morgan fingerprint density at radius 3 is 2.62 bits per heavy atom. The number of hydrogen-bond acceptors (Lipinski definition) is 4. The van der Waals surface area contributed by atoms with Crippen LogP contribution in [0.4, 0.5) is 0 Å². The van der Waals surface area contributed by atoms with Crippen LogP contribution < -0.4 is 10.1 Å². The third-order valence-electron chi connectivity index (χ3n) is 4.89. The molecule has 29 heavy (non-hydrogen) atoms. The van der Waals surface area contributed by atoms with Gasteiger partial charge in [-0.05, 0) is 48.7 Å². The topological polar surface area (TPSA) is 75.7 Å². The molecule has 156 valence electrons. The van der Waals surface area contributed by atoms with E-state index in [1.54, 1.807) is 7.11 Å². The van der Waals surface area contributed by atoms with E-state index in [1.165, 1.54) is 22.5 Å². The van der Waals surface area contributed by atoms with Gasteiger partial charge in [-0.2, -0.15) is 4.31 Å². The predicted molar refractivity (Wildman–Crippen MR) is 113 cm³/mol. The number of nitrogens with zero attached hydrogens (tertiary/aromatic N) is 1. The van der Waals surface area contributed by atoms with Gasteiger partial charge in [0, 0.05) is 24.7 Å². The van der Waals surface area contributed by atoms with Crippen molar-refractivity contribution in [2.75, 3.05) is 20.2 Å². The molecule has 0 aromatic heterocycles. The van der Waals surface area contributed by atoms with Crippen LogP contribution in [0.25, 0.3) is 0 Å². The maximum atomic E-state index is 13.0. The van der Waals surface area contributed by atoms with E-state index in [9.17, 15) is 13.2 Å². The van der Waals surface area contributed by atoms with Gasteiger partial charge in [-0.15, -0.1) is 0 Å². The molecule has 0 radical (unpaired) electrons. The highest BCUT2D eigenvalue weighted by Crippen LogP contribution is 2.30. The minimum atomic E-state index is -3.83. The molecule has 1 aliphatic heterocycles. The van der Waals surface area contributed by atoms with Crippen molar-refractivity contribution in [2.45, 2.75) is 24.3 Å². The molecule has 0 aliphatic carbocycles. The van der Waals surface area contributed by atoms with Crippen LogP contribution >= 0.6 is 23.2 Å². The normalized spacial score (nSPS) is 17.7. The van der Waals surface area contributed by atoms with Crippen molar-refractivity contribution < 1.29 is 17.9 Å². The molecule has 1 unspecified atom stereocenters. The fourth-order valence-corrected chi connectivity index (χ4v) is 5.53. The second kappa shape index (κ2) is 9.34. The fourth-order valence-electron chi connectivity index (χ4n) is 3.27. The van der Waals surface area contributed by atoms with Crippen LogP contribution in [0, 0.1) is 5.92 Å². The standard InChI is InChI=1S/C20H22Cl2N2O4S/c1-28-17-7-4-14(5-8-17)12-23-20(25)15-3-2-10-24(13-15)29(26,27)19-11-16(21)6-9-18(19)22/h4-9,11,15H,2-3,10,12-13H2,1H3,(H,23,25). The van der Waals surface area contributed by atoms with Crippen LogP contribution in [0.2, 0.25) is 10.0 Å². The molecule has 1 atom stereocenters.